The van der Waals surface area contributed by atoms with Crippen molar-refractivity contribution < 1.29 is 4.79 Å². The molecule has 0 fully saturated rings. The van der Waals surface area contributed by atoms with E-state index in [0.717, 1.165) is 10.0 Å². The average molecular weight is 309 g/mol. The number of thioether (sulfide) groups is 1. The van der Waals surface area contributed by atoms with Crippen LogP contribution in [0.1, 0.15) is 5.56 Å². The van der Waals surface area contributed by atoms with E-state index in [1.807, 2.05) is 19.2 Å². The van der Waals surface area contributed by atoms with E-state index in [2.05, 4.69) is 21.2 Å². The van der Waals surface area contributed by atoms with Crippen LogP contribution in [0.2, 0.25) is 5.02 Å². The summed E-state index contributed by atoms with van der Waals surface area (Å²) >= 11 is 10.8. The van der Waals surface area contributed by atoms with E-state index in [1.165, 1.54) is 11.8 Å². The molecule has 0 aliphatic carbocycles. The third kappa shape index (κ3) is 3.70. The van der Waals surface area contributed by atoms with Crippen molar-refractivity contribution in [1.29, 1.82) is 0 Å². The number of nitrogens with one attached hydrogen (secondary N) is 1. The van der Waals surface area contributed by atoms with Gasteiger partial charge in [-0.2, -0.15) is 11.8 Å². The van der Waals surface area contributed by atoms with Crippen LogP contribution in [0, 0.1) is 6.92 Å². The third-order valence-corrected chi connectivity index (χ3v) is 3.41. The van der Waals surface area contributed by atoms with Crippen molar-refractivity contribution >= 4 is 50.9 Å². The lowest BCUT2D eigenvalue weighted by Gasteiger charge is -2.08. The highest BCUT2D eigenvalue weighted by Crippen LogP contribution is 2.29. The fraction of sp³-hybridized carbons (Fsp3) is 0.300. The molecule has 0 saturated heterocycles. The van der Waals surface area contributed by atoms with Gasteiger partial charge in [0, 0.05) is 9.50 Å². The highest BCUT2D eigenvalue weighted by molar-refractivity contribution is 9.10. The molecule has 0 aliphatic rings. The first kappa shape index (κ1) is 12.9. The van der Waals surface area contributed by atoms with Crippen LogP contribution in [0.3, 0.4) is 0 Å². The summed E-state index contributed by atoms with van der Waals surface area (Å²) in [7, 11) is 0. The molecular weight excluding hydrogens is 298 g/mol. The lowest BCUT2D eigenvalue weighted by Crippen LogP contribution is -2.14. The lowest BCUT2D eigenvalue weighted by atomic mass is 10.2. The van der Waals surface area contributed by atoms with Crippen LogP contribution >= 0.6 is 39.3 Å². The number of benzene rings is 1. The Morgan fingerprint density at radius 2 is 2.27 bits per heavy atom. The van der Waals surface area contributed by atoms with Gasteiger partial charge in [0.25, 0.3) is 0 Å². The van der Waals surface area contributed by atoms with Crippen molar-refractivity contribution in [1.82, 2.24) is 0 Å². The van der Waals surface area contributed by atoms with Gasteiger partial charge in [0.15, 0.2) is 0 Å². The fourth-order valence-corrected chi connectivity index (χ4v) is 2.11. The Bertz CT molecular complexity index is 384. The number of carbonyl (C=O) groups is 1. The standard InChI is InChI=1S/C10H11BrClNOS/c1-6-3-7(11)9(4-8(6)12)13-10(14)5-15-2/h3-4H,5H2,1-2H3,(H,13,14). The minimum atomic E-state index is -0.0249. The monoisotopic (exact) mass is 307 g/mol. The van der Waals surface area contributed by atoms with Gasteiger partial charge in [0.1, 0.15) is 0 Å². The highest BCUT2D eigenvalue weighted by Gasteiger charge is 2.07. The number of halogens is 2. The molecule has 0 aliphatic heterocycles. The van der Waals surface area contributed by atoms with E-state index in [1.54, 1.807) is 6.07 Å². The minimum absolute atomic E-state index is 0.0249. The SMILES string of the molecule is CSCC(=O)Nc1cc(Cl)c(C)cc1Br. The van der Waals surface area contributed by atoms with Crippen LogP contribution in [-0.4, -0.2) is 17.9 Å². The van der Waals surface area contributed by atoms with Gasteiger partial charge in [-0.3, -0.25) is 4.79 Å². The Labute approximate surface area is 107 Å². The summed E-state index contributed by atoms with van der Waals surface area (Å²) in [6.45, 7) is 1.92. The predicted octanol–water partition coefficient (Wildman–Crippen LogP) is 3.71. The van der Waals surface area contributed by atoms with Gasteiger partial charge in [-0.1, -0.05) is 11.6 Å². The molecule has 1 N–H and O–H groups in total. The second-order valence-corrected chi connectivity index (χ2v) is 5.19. The summed E-state index contributed by atoms with van der Waals surface area (Å²) in [6.07, 6.45) is 1.89. The number of hydrogen-bond acceptors (Lipinski definition) is 2. The first-order valence-electron chi connectivity index (χ1n) is 4.29. The summed E-state index contributed by atoms with van der Waals surface area (Å²) < 4.78 is 0.846. The smallest absolute Gasteiger partial charge is 0.234 e. The molecule has 1 amide bonds. The molecule has 2 nitrogen and oxygen atoms in total. The molecule has 1 rings (SSSR count). The van der Waals surface area contributed by atoms with E-state index in [4.69, 9.17) is 11.6 Å². The van der Waals surface area contributed by atoms with Crippen molar-refractivity contribution in [2.45, 2.75) is 6.92 Å². The molecule has 82 valence electrons. The summed E-state index contributed by atoms with van der Waals surface area (Å²) in [5.41, 5.74) is 1.69. The van der Waals surface area contributed by atoms with Crippen molar-refractivity contribution in [2.75, 3.05) is 17.3 Å². The van der Waals surface area contributed by atoms with Gasteiger partial charge < -0.3 is 5.32 Å². The van der Waals surface area contributed by atoms with E-state index in [0.29, 0.717) is 16.5 Å². The fourth-order valence-electron chi connectivity index (χ4n) is 1.06. The number of aryl methyl sites for hydroxylation is 1. The quantitative estimate of drug-likeness (QED) is 0.922. The van der Waals surface area contributed by atoms with E-state index >= 15 is 0 Å². The average Bonchev–Trinajstić information content (AvgIpc) is 2.14. The van der Waals surface area contributed by atoms with Gasteiger partial charge in [0.2, 0.25) is 5.91 Å². The van der Waals surface area contributed by atoms with Crippen LogP contribution in [0.4, 0.5) is 5.69 Å². The zero-order valence-corrected chi connectivity index (χ0v) is 11.6. The molecule has 1 aromatic carbocycles. The number of hydrogen-bond donors (Lipinski definition) is 1. The molecule has 0 bridgehead atoms. The largest absolute Gasteiger partial charge is 0.324 e. The second-order valence-electron chi connectivity index (χ2n) is 3.06. The van der Waals surface area contributed by atoms with Crippen LogP contribution in [0.15, 0.2) is 16.6 Å². The zero-order chi connectivity index (χ0) is 11.4. The molecule has 15 heavy (non-hydrogen) atoms. The second kappa shape index (κ2) is 5.77. The summed E-state index contributed by atoms with van der Waals surface area (Å²) in [6, 6.07) is 3.64. The molecule has 0 saturated carbocycles. The van der Waals surface area contributed by atoms with Crippen LogP contribution in [0.5, 0.6) is 0 Å². The molecule has 1 aromatic rings. The van der Waals surface area contributed by atoms with Crippen LogP contribution in [-0.2, 0) is 4.79 Å². The maximum atomic E-state index is 11.4. The lowest BCUT2D eigenvalue weighted by molar-refractivity contribution is -0.113. The van der Waals surface area contributed by atoms with Crippen molar-refractivity contribution in [3.05, 3.63) is 27.2 Å². The first-order chi connectivity index (χ1) is 7.04. The van der Waals surface area contributed by atoms with Crippen LogP contribution < -0.4 is 5.32 Å². The van der Waals surface area contributed by atoms with Crippen molar-refractivity contribution in [3.8, 4) is 0 Å². The molecule has 0 radical (unpaired) electrons. The molecule has 0 unspecified atom stereocenters. The highest BCUT2D eigenvalue weighted by atomic mass is 79.9. The minimum Gasteiger partial charge on any atom is -0.324 e. The number of carbonyl (C=O) groups excluding carboxylic acids is 1. The molecule has 0 aromatic heterocycles. The molecule has 0 heterocycles. The van der Waals surface area contributed by atoms with E-state index < -0.39 is 0 Å². The third-order valence-electron chi connectivity index (χ3n) is 1.80. The van der Waals surface area contributed by atoms with Gasteiger partial charge in [-0.15, -0.1) is 0 Å². The summed E-state index contributed by atoms with van der Waals surface area (Å²) in [5, 5.41) is 3.44. The number of anilines is 1. The molecule has 0 spiro atoms. The maximum absolute atomic E-state index is 11.4. The number of amides is 1. The molecule has 0 atom stereocenters. The Hall–Kier alpha value is -0.190. The van der Waals surface area contributed by atoms with Gasteiger partial charge in [-0.05, 0) is 46.8 Å². The topological polar surface area (TPSA) is 29.1 Å². The Morgan fingerprint density at radius 1 is 1.60 bits per heavy atom. The van der Waals surface area contributed by atoms with Crippen LogP contribution in [0.25, 0.3) is 0 Å². The van der Waals surface area contributed by atoms with E-state index in [9.17, 15) is 4.79 Å². The summed E-state index contributed by atoms with van der Waals surface area (Å²) in [5.74, 6) is 0.418. The molecular formula is C10H11BrClNOS. The molecule has 5 heteroatoms. The number of rotatable bonds is 3. The van der Waals surface area contributed by atoms with Crippen molar-refractivity contribution in [2.24, 2.45) is 0 Å². The van der Waals surface area contributed by atoms with Gasteiger partial charge >= 0.3 is 0 Å². The first-order valence-corrected chi connectivity index (χ1v) is 6.85. The Morgan fingerprint density at radius 3 is 2.87 bits per heavy atom. The van der Waals surface area contributed by atoms with Gasteiger partial charge in [0.05, 0.1) is 11.4 Å². The Balaban J connectivity index is 2.86. The maximum Gasteiger partial charge on any atom is 0.234 e. The predicted molar refractivity (Wildman–Crippen MR) is 70.9 cm³/mol. The zero-order valence-electron chi connectivity index (χ0n) is 8.43. The Kier molecular flexibility index (Phi) is 4.96. The normalized spacial score (nSPS) is 10.1. The summed E-state index contributed by atoms with van der Waals surface area (Å²) in [4.78, 5) is 11.4. The van der Waals surface area contributed by atoms with Gasteiger partial charge in [-0.25, -0.2) is 0 Å². The van der Waals surface area contributed by atoms with E-state index in [-0.39, 0.29) is 5.91 Å². The van der Waals surface area contributed by atoms with Crippen molar-refractivity contribution in [3.63, 3.8) is 0 Å².